The summed E-state index contributed by atoms with van der Waals surface area (Å²) in [4.78, 5) is 24.5. The molecule has 0 unspecified atom stereocenters. The molecule has 0 radical (unpaired) electrons. The normalized spacial score (nSPS) is 12.2. The molecule has 1 amide bonds. The van der Waals surface area contributed by atoms with Gasteiger partial charge in [-0.15, -0.1) is 0 Å². The Balaban J connectivity index is 1.94. The first-order chi connectivity index (χ1) is 11.8. The first-order valence-electron chi connectivity index (χ1n) is 7.79. The fourth-order valence-corrected chi connectivity index (χ4v) is 2.09. The van der Waals surface area contributed by atoms with E-state index in [0.29, 0.717) is 16.5 Å². The summed E-state index contributed by atoms with van der Waals surface area (Å²) in [6.45, 7) is 4.66. The van der Waals surface area contributed by atoms with Gasteiger partial charge in [-0.25, -0.2) is 4.79 Å². The summed E-state index contributed by atoms with van der Waals surface area (Å²) in [6, 6.07) is 15.6. The number of benzene rings is 2. The fraction of sp³-hybridized carbons (Fsp3) is 0.263. The maximum absolute atomic E-state index is 12.4. The van der Waals surface area contributed by atoms with Crippen LogP contribution in [0, 0.1) is 0 Å². The van der Waals surface area contributed by atoms with Crippen molar-refractivity contribution in [1.29, 1.82) is 0 Å². The number of rotatable bonds is 6. The van der Waals surface area contributed by atoms with Crippen molar-refractivity contribution in [2.75, 3.05) is 5.32 Å². The van der Waals surface area contributed by atoms with E-state index in [1.807, 2.05) is 6.07 Å². The minimum Gasteiger partial charge on any atom is -0.476 e. The second-order valence-electron chi connectivity index (χ2n) is 5.97. The number of halogens is 1. The standard InChI is InChI=1S/C19H20ClNO4/c1-13(17(22)21-15-7-5-4-6-8-15)24-18(23)19(2,3)25-16-11-9-14(20)10-12-16/h4-13H,1-3H3,(H,21,22)/t13-/m0/s1. The van der Waals surface area contributed by atoms with Crippen molar-refractivity contribution < 1.29 is 19.1 Å². The Morgan fingerprint density at radius 3 is 2.24 bits per heavy atom. The van der Waals surface area contributed by atoms with E-state index in [9.17, 15) is 9.59 Å². The molecule has 2 aromatic rings. The second-order valence-corrected chi connectivity index (χ2v) is 6.41. The lowest BCUT2D eigenvalue weighted by molar-refractivity contribution is -0.166. The summed E-state index contributed by atoms with van der Waals surface area (Å²) in [5.41, 5.74) is -0.623. The van der Waals surface area contributed by atoms with Crippen LogP contribution < -0.4 is 10.1 Å². The quantitative estimate of drug-likeness (QED) is 0.788. The van der Waals surface area contributed by atoms with Crippen LogP contribution in [-0.2, 0) is 14.3 Å². The van der Waals surface area contributed by atoms with Crippen LogP contribution in [0.2, 0.25) is 5.02 Å². The monoisotopic (exact) mass is 361 g/mol. The third-order valence-corrected chi connectivity index (χ3v) is 3.62. The van der Waals surface area contributed by atoms with E-state index in [1.54, 1.807) is 62.4 Å². The molecule has 25 heavy (non-hydrogen) atoms. The van der Waals surface area contributed by atoms with Crippen molar-refractivity contribution in [3.05, 3.63) is 59.6 Å². The maximum atomic E-state index is 12.4. The van der Waals surface area contributed by atoms with Crippen molar-refractivity contribution in [3.8, 4) is 5.75 Å². The Morgan fingerprint density at radius 1 is 1.04 bits per heavy atom. The molecule has 0 bridgehead atoms. The number of hydrogen-bond acceptors (Lipinski definition) is 4. The number of para-hydroxylation sites is 1. The number of nitrogens with one attached hydrogen (secondary N) is 1. The topological polar surface area (TPSA) is 64.6 Å². The summed E-state index contributed by atoms with van der Waals surface area (Å²) >= 11 is 5.82. The van der Waals surface area contributed by atoms with Gasteiger partial charge < -0.3 is 14.8 Å². The molecule has 0 aliphatic rings. The van der Waals surface area contributed by atoms with Gasteiger partial charge in [0.1, 0.15) is 5.75 Å². The van der Waals surface area contributed by atoms with E-state index >= 15 is 0 Å². The molecule has 0 heterocycles. The average Bonchev–Trinajstić information content (AvgIpc) is 2.57. The number of carbonyl (C=O) groups is 2. The van der Waals surface area contributed by atoms with Gasteiger partial charge in [-0.2, -0.15) is 0 Å². The van der Waals surface area contributed by atoms with Crippen LogP contribution in [0.1, 0.15) is 20.8 Å². The zero-order valence-corrected chi connectivity index (χ0v) is 15.0. The van der Waals surface area contributed by atoms with Crippen LogP contribution >= 0.6 is 11.6 Å². The molecule has 1 N–H and O–H groups in total. The highest BCUT2D eigenvalue weighted by Crippen LogP contribution is 2.22. The zero-order chi connectivity index (χ0) is 18.4. The third kappa shape index (κ3) is 5.50. The van der Waals surface area contributed by atoms with E-state index in [2.05, 4.69) is 5.32 Å². The van der Waals surface area contributed by atoms with E-state index in [0.717, 1.165) is 0 Å². The minimum atomic E-state index is -1.25. The predicted molar refractivity (Wildman–Crippen MR) is 96.8 cm³/mol. The van der Waals surface area contributed by atoms with Gasteiger partial charge in [-0.3, -0.25) is 4.79 Å². The van der Waals surface area contributed by atoms with Crippen molar-refractivity contribution in [2.24, 2.45) is 0 Å². The van der Waals surface area contributed by atoms with Gasteiger partial charge in [0.15, 0.2) is 11.7 Å². The summed E-state index contributed by atoms with van der Waals surface area (Å²) in [5, 5.41) is 3.25. The van der Waals surface area contributed by atoms with Gasteiger partial charge in [0.25, 0.3) is 5.91 Å². The second kappa shape index (κ2) is 8.03. The maximum Gasteiger partial charge on any atom is 0.350 e. The number of hydrogen-bond donors (Lipinski definition) is 1. The van der Waals surface area contributed by atoms with Gasteiger partial charge in [-0.1, -0.05) is 29.8 Å². The summed E-state index contributed by atoms with van der Waals surface area (Å²) in [5.74, 6) is -0.576. The third-order valence-electron chi connectivity index (χ3n) is 3.37. The molecule has 0 saturated heterocycles. The van der Waals surface area contributed by atoms with E-state index in [4.69, 9.17) is 21.1 Å². The largest absolute Gasteiger partial charge is 0.476 e. The fourth-order valence-electron chi connectivity index (χ4n) is 1.96. The van der Waals surface area contributed by atoms with Crippen LogP contribution in [-0.4, -0.2) is 23.6 Å². The highest BCUT2D eigenvalue weighted by Gasteiger charge is 2.34. The lowest BCUT2D eigenvalue weighted by Crippen LogP contribution is -2.43. The Morgan fingerprint density at radius 2 is 1.64 bits per heavy atom. The molecule has 0 saturated carbocycles. The number of ether oxygens (including phenoxy) is 2. The lowest BCUT2D eigenvalue weighted by Gasteiger charge is -2.26. The highest BCUT2D eigenvalue weighted by molar-refractivity contribution is 6.30. The predicted octanol–water partition coefficient (Wildman–Crippen LogP) is 4.07. The average molecular weight is 362 g/mol. The van der Waals surface area contributed by atoms with Crippen LogP contribution in [0.3, 0.4) is 0 Å². The SMILES string of the molecule is C[C@H](OC(=O)C(C)(C)Oc1ccc(Cl)cc1)C(=O)Nc1ccccc1. The van der Waals surface area contributed by atoms with E-state index in [-0.39, 0.29) is 0 Å². The number of esters is 1. The molecule has 5 nitrogen and oxygen atoms in total. The molecular weight excluding hydrogens is 342 g/mol. The van der Waals surface area contributed by atoms with Gasteiger partial charge in [0, 0.05) is 10.7 Å². The molecule has 0 fully saturated rings. The van der Waals surface area contributed by atoms with Crippen LogP contribution in [0.15, 0.2) is 54.6 Å². The Hall–Kier alpha value is -2.53. The molecule has 0 aromatic heterocycles. The molecule has 132 valence electrons. The molecule has 2 rings (SSSR count). The Labute approximate surface area is 151 Å². The first-order valence-corrected chi connectivity index (χ1v) is 8.17. The van der Waals surface area contributed by atoms with Gasteiger partial charge in [0.2, 0.25) is 0 Å². The molecule has 0 aliphatic carbocycles. The number of amides is 1. The highest BCUT2D eigenvalue weighted by atomic mass is 35.5. The minimum absolute atomic E-state index is 0.415. The summed E-state index contributed by atoms with van der Waals surface area (Å²) in [7, 11) is 0. The Bertz CT molecular complexity index is 729. The zero-order valence-electron chi connectivity index (χ0n) is 14.3. The van der Waals surface area contributed by atoms with Crippen molar-refractivity contribution in [2.45, 2.75) is 32.5 Å². The smallest absolute Gasteiger partial charge is 0.350 e. The van der Waals surface area contributed by atoms with Gasteiger partial charge in [-0.05, 0) is 57.2 Å². The number of anilines is 1. The van der Waals surface area contributed by atoms with Crippen LogP contribution in [0.4, 0.5) is 5.69 Å². The van der Waals surface area contributed by atoms with Crippen molar-refractivity contribution in [1.82, 2.24) is 0 Å². The van der Waals surface area contributed by atoms with Crippen molar-refractivity contribution in [3.63, 3.8) is 0 Å². The van der Waals surface area contributed by atoms with Crippen LogP contribution in [0.25, 0.3) is 0 Å². The van der Waals surface area contributed by atoms with Crippen LogP contribution in [0.5, 0.6) is 5.75 Å². The first kappa shape index (κ1) is 18.8. The van der Waals surface area contributed by atoms with Gasteiger partial charge >= 0.3 is 5.97 Å². The molecule has 1 atom stereocenters. The molecular formula is C19H20ClNO4. The molecule has 0 spiro atoms. The van der Waals surface area contributed by atoms with E-state index in [1.165, 1.54) is 6.92 Å². The van der Waals surface area contributed by atoms with E-state index < -0.39 is 23.6 Å². The summed E-state index contributed by atoms with van der Waals surface area (Å²) in [6.07, 6.45) is -0.958. The van der Waals surface area contributed by atoms with Crippen molar-refractivity contribution >= 4 is 29.2 Å². The molecule has 2 aromatic carbocycles. The molecule has 6 heteroatoms. The molecule has 0 aliphatic heterocycles. The Kier molecular flexibility index (Phi) is 6.04. The lowest BCUT2D eigenvalue weighted by atomic mass is 10.1. The summed E-state index contributed by atoms with van der Waals surface area (Å²) < 4.78 is 10.9. The van der Waals surface area contributed by atoms with Gasteiger partial charge in [0.05, 0.1) is 0 Å². The number of carbonyl (C=O) groups excluding carboxylic acids is 2.